The molecule has 20 heavy (non-hydrogen) atoms. The van der Waals surface area contributed by atoms with Gasteiger partial charge in [-0.05, 0) is 34.1 Å². The third kappa shape index (κ3) is 6.23. The van der Waals surface area contributed by atoms with Crippen LogP contribution in [0.25, 0.3) is 0 Å². The van der Waals surface area contributed by atoms with Gasteiger partial charge in [0.15, 0.2) is 0 Å². The van der Waals surface area contributed by atoms with E-state index in [1.807, 2.05) is 20.8 Å². The van der Waals surface area contributed by atoms with Crippen molar-refractivity contribution in [3.63, 3.8) is 0 Å². The summed E-state index contributed by atoms with van der Waals surface area (Å²) in [6.45, 7) is 9.14. The van der Waals surface area contributed by atoms with Gasteiger partial charge in [0.2, 0.25) is 0 Å². The molecule has 1 rings (SSSR count). The summed E-state index contributed by atoms with van der Waals surface area (Å²) in [5, 5.41) is 0. The first-order valence-electron chi connectivity index (χ1n) is 7.07. The maximum Gasteiger partial charge on any atom is 0.410 e. The Morgan fingerprint density at radius 1 is 1.30 bits per heavy atom. The van der Waals surface area contributed by atoms with Gasteiger partial charge in [0, 0.05) is 6.54 Å². The first kappa shape index (κ1) is 16.8. The maximum absolute atomic E-state index is 11.8. The molecule has 0 aliphatic carbocycles. The number of rotatable bonds is 5. The molecule has 0 N–H and O–H groups in total. The lowest BCUT2D eigenvalue weighted by atomic mass is 10.2. The second kappa shape index (κ2) is 7.47. The van der Waals surface area contributed by atoms with Crippen molar-refractivity contribution in [3.05, 3.63) is 0 Å². The van der Waals surface area contributed by atoms with Crippen LogP contribution in [0.3, 0.4) is 0 Å². The normalized spacial score (nSPS) is 19.0. The van der Waals surface area contributed by atoms with Gasteiger partial charge >= 0.3 is 12.1 Å². The Hall–Kier alpha value is -1.30. The van der Waals surface area contributed by atoms with Crippen LogP contribution in [-0.4, -0.2) is 55.0 Å². The van der Waals surface area contributed by atoms with E-state index in [0.717, 1.165) is 6.42 Å². The fourth-order valence-electron chi connectivity index (χ4n) is 1.90. The van der Waals surface area contributed by atoms with Gasteiger partial charge in [-0.2, -0.15) is 0 Å². The van der Waals surface area contributed by atoms with E-state index in [1.165, 1.54) is 0 Å². The van der Waals surface area contributed by atoms with Crippen molar-refractivity contribution < 1.29 is 23.8 Å². The molecule has 1 aliphatic heterocycles. The lowest BCUT2D eigenvalue weighted by Gasteiger charge is -2.24. The highest BCUT2D eigenvalue weighted by atomic mass is 16.6. The van der Waals surface area contributed by atoms with E-state index in [9.17, 15) is 9.59 Å². The van der Waals surface area contributed by atoms with Crippen LogP contribution in [-0.2, 0) is 19.0 Å². The zero-order valence-electron chi connectivity index (χ0n) is 12.8. The van der Waals surface area contributed by atoms with Crippen molar-refractivity contribution in [3.8, 4) is 0 Å². The van der Waals surface area contributed by atoms with Gasteiger partial charge in [-0.25, -0.2) is 4.79 Å². The predicted octanol–water partition coefficient (Wildman–Crippen LogP) is 1.97. The minimum absolute atomic E-state index is 0.0306. The molecule has 0 aromatic carbocycles. The van der Waals surface area contributed by atoms with Crippen molar-refractivity contribution >= 4 is 12.1 Å². The van der Waals surface area contributed by atoms with Crippen LogP contribution in [0.5, 0.6) is 0 Å². The zero-order chi connectivity index (χ0) is 15.2. The summed E-state index contributed by atoms with van der Waals surface area (Å²) < 4.78 is 15.7. The molecular formula is C14H25NO5. The number of esters is 1. The van der Waals surface area contributed by atoms with Gasteiger partial charge < -0.3 is 19.1 Å². The Bertz CT molecular complexity index is 337. The molecule has 6 nitrogen and oxygen atoms in total. The molecule has 1 atom stereocenters. The summed E-state index contributed by atoms with van der Waals surface area (Å²) in [6, 6.07) is 0. The van der Waals surface area contributed by atoms with Crippen LogP contribution >= 0.6 is 0 Å². The fraction of sp³-hybridized carbons (Fsp3) is 0.857. The minimum Gasteiger partial charge on any atom is -0.466 e. The van der Waals surface area contributed by atoms with E-state index in [1.54, 1.807) is 11.8 Å². The van der Waals surface area contributed by atoms with Crippen molar-refractivity contribution in [1.29, 1.82) is 0 Å². The van der Waals surface area contributed by atoms with Crippen LogP contribution in [0.2, 0.25) is 0 Å². The number of carbonyl (C=O) groups excluding carboxylic acids is 2. The molecule has 0 spiro atoms. The van der Waals surface area contributed by atoms with E-state index >= 15 is 0 Å². The molecule has 1 heterocycles. The van der Waals surface area contributed by atoms with E-state index in [2.05, 4.69) is 0 Å². The molecule has 116 valence electrons. The zero-order valence-corrected chi connectivity index (χ0v) is 12.8. The van der Waals surface area contributed by atoms with Crippen molar-refractivity contribution in [2.75, 3.05) is 26.3 Å². The van der Waals surface area contributed by atoms with Gasteiger partial charge in [-0.1, -0.05) is 0 Å². The highest BCUT2D eigenvalue weighted by Gasteiger charge is 2.30. The smallest absolute Gasteiger partial charge is 0.410 e. The summed E-state index contributed by atoms with van der Waals surface area (Å²) in [7, 11) is 0. The largest absolute Gasteiger partial charge is 0.466 e. The average molecular weight is 287 g/mol. The second-order valence-electron chi connectivity index (χ2n) is 5.76. The molecule has 6 heteroatoms. The molecule has 0 radical (unpaired) electrons. The number of nitrogens with zero attached hydrogens (tertiary/aromatic N) is 1. The van der Waals surface area contributed by atoms with E-state index < -0.39 is 5.60 Å². The quantitative estimate of drug-likeness (QED) is 0.723. The molecule has 1 fully saturated rings. The number of ether oxygens (including phenoxy) is 3. The molecule has 1 amide bonds. The van der Waals surface area contributed by atoms with Gasteiger partial charge in [-0.15, -0.1) is 0 Å². The van der Waals surface area contributed by atoms with Crippen LogP contribution in [0.1, 0.15) is 40.5 Å². The average Bonchev–Trinajstić information content (AvgIpc) is 2.76. The number of carbonyl (C=O) groups is 2. The van der Waals surface area contributed by atoms with Crippen LogP contribution < -0.4 is 0 Å². The first-order valence-corrected chi connectivity index (χ1v) is 7.07. The first-order chi connectivity index (χ1) is 9.31. The molecule has 1 unspecified atom stereocenters. The summed E-state index contributed by atoms with van der Waals surface area (Å²) in [6.07, 6.45) is 0.671. The van der Waals surface area contributed by atoms with Crippen molar-refractivity contribution in [2.24, 2.45) is 0 Å². The lowest BCUT2D eigenvalue weighted by Crippen LogP contribution is -2.36. The molecule has 0 aromatic heterocycles. The number of likely N-dealkylation sites (tertiary alicyclic amines) is 1. The lowest BCUT2D eigenvalue weighted by molar-refractivity contribution is -0.144. The van der Waals surface area contributed by atoms with Crippen LogP contribution in [0.15, 0.2) is 0 Å². The molecule has 1 aliphatic rings. The Labute approximate surface area is 120 Å². The molecule has 1 saturated heterocycles. The third-order valence-corrected chi connectivity index (χ3v) is 2.76. The standard InChI is InChI=1S/C14H25NO5/c1-5-18-12(16)7-9-19-11-6-8-15(10-11)13(17)20-14(2,3)4/h11H,5-10H2,1-4H3. The summed E-state index contributed by atoms with van der Waals surface area (Å²) in [5.41, 5.74) is -0.486. The Morgan fingerprint density at radius 2 is 2.00 bits per heavy atom. The number of hydrogen-bond acceptors (Lipinski definition) is 5. The van der Waals surface area contributed by atoms with Gasteiger partial charge in [0.1, 0.15) is 5.60 Å². The summed E-state index contributed by atoms with van der Waals surface area (Å²) in [5.74, 6) is -0.255. The number of hydrogen-bond donors (Lipinski definition) is 0. The van der Waals surface area contributed by atoms with Gasteiger partial charge in [0.25, 0.3) is 0 Å². The molecular weight excluding hydrogens is 262 g/mol. The highest BCUT2D eigenvalue weighted by Crippen LogP contribution is 2.17. The predicted molar refractivity (Wildman–Crippen MR) is 73.4 cm³/mol. The van der Waals surface area contributed by atoms with Gasteiger partial charge in [0.05, 0.1) is 32.3 Å². The summed E-state index contributed by atoms with van der Waals surface area (Å²) in [4.78, 5) is 24.6. The van der Waals surface area contributed by atoms with E-state index in [4.69, 9.17) is 14.2 Å². The second-order valence-corrected chi connectivity index (χ2v) is 5.76. The molecule has 0 saturated carbocycles. The Kier molecular flexibility index (Phi) is 6.26. The van der Waals surface area contributed by atoms with Crippen molar-refractivity contribution in [2.45, 2.75) is 52.2 Å². The molecule has 0 bridgehead atoms. The molecule has 0 aromatic rings. The highest BCUT2D eigenvalue weighted by molar-refractivity contribution is 5.69. The minimum atomic E-state index is -0.486. The van der Waals surface area contributed by atoms with Crippen LogP contribution in [0, 0.1) is 0 Å². The fourth-order valence-corrected chi connectivity index (χ4v) is 1.90. The van der Waals surface area contributed by atoms with E-state index in [-0.39, 0.29) is 24.6 Å². The monoisotopic (exact) mass is 287 g/mol. The Morgan fingerprint density at radius 3 is 2.60 bits per heavy atom. The van der Waals surface area contributed by atoms with Crippen molar-refractivity contribution in [1.82, 2.24) is 4.90 Å². The van der Waals surface area contributed by atoms with E-state index in [0.29, 0.717) is 26.3 Å². The number of amides is 1. The Balaban J connectivity index is 2.23. The van der Waals surface area contributed by atoms with Gasteiger partial charge in [-0.3, -0.25) is 4.79 Å². The SMILES string of the molecule is CCOC(=O)CCOC1CCN(C(=O)OC(C)(C)C)C1. The van der Waals surface area contributed by atoms with Crippen LogP contribution in [0.4, 0.5) is 4.79 Å². The maximum atomic E-state index is 11.8. The third-order valence-electron chi connectivity index (χ3n) is 2.76. The summed E-state index contributed by atoms with van der Waals surface area (Å²) >= 11 is 0. The topological polar surface area (TPSA) is 65.1 Å².